The summed E-state index contributed by atoms with van der Waals surface area (Å²) in [4.78, 5) is 0.0752. The number of halogens is 1. The highest BCUT2D eigenvalue weighted by atomic mass is 35.5. The van der Waals surface area contributed by atoms with Gasteiger partial charge < -0.3 is 0 Å². The summed E-state index contributed by atoms with van der Waals surface area (Å²) in [5.74, 6) is 0. The van der Waals surface area contributed by atoms with Gasteiger partial charge in [0.15, 0.2) is 0 Å². The van der Waals surface area contributed by atoms with Gasteiger partial charge >= 0.3 is 0 Å². The minimum Gasteiger partial charge on any atom is -0.264 e. The molecule has 120 valence electrons. The molecule has 0 aliphatic heterocycles. The van der Waals surface area contributed by atoms with E-state index in [4.69, 9.17) is 11.6 Å². The summed E-state index contributed by atoms with van der Waals surface area (Å²) in [7, 11) is -3.69. The Morgan fingerprint density at radius 2 is 2.09 bits per heavy atom. The second-order valence-electron chi connectivity index (χ2n) is 4.84. The first-order valence-corrected chi connectivity index (χ1v) is 9.64. The zero-order chi connectivity index (χ0) is 16.3. The van der Waals surface area contributed by atoms with Crippen molar-refractivity contribution in [1.82, 2.24) is 14.5 Å². The molecule has 0 spiro atoms. The molecule has 0 saturated carbocycles. The van der Waals surface area contributed by atoms with Crippen LogP contribution in [-0.4, -0.2) is 24.7 Å². The smallest absolute Gasteiger partial charge is 0.242 e. The van der Waals surface area contributed by atoms with Gasteiger partial charge in [-0.3, -0.25) is 4.68 Å². The van der Waals surface area contributed by atoms with E-state index in [1.807, 2.05) is 29.1 Å². The minimum atomic E-state index is -3.69. The topological polar surface area (TPSA) is 64.0 Å². The van der Waals surface area contributed by atoms with Crippen LogP contribution < -0.4 is 4.72 Å². The second kappa shape index (κ2) is 6.84. The molecule has 23 heavy (non-hydrogen) atoms. The van der Waals surface area contributed by atoms with Crippen LogP contribution in [0.1, 0.15) is 11.6 Å². The van der Waals surface area contributed by atoms with Gasteiger partial charge in [0.05, 0.1) is 11.1 Å². The van der Waals surface area contributed by atoms with Gasteiger partial charge in [-0.2, -0.15) is 16.4 Å². The van der Waals surface area contributed by atoms with Crippen LogP contribution >= 0.6 is 22.9 Å². The fourth-order valence-corrected chi connectivity index (χ4v) is 4.49. The highest BCUT2D eigenvalue weighted by molar-refractivity contribution is 7.89. The number of rotatable bonds is 6. The highest BCUT2D eigenvalue weighted by Gasteiger charge is 2.21. The van der Waals surface area contributed by atoms with Gasteiger partial charge in [-0.05, 0) is 40.6 Å². The van der Waals surface area contributed by atoms with Crippen LogP contribution in [0.2, 0.25) is 5.02 Å². The molecule has 0 amide bonds. The van der Waals surface area contributed by atoms with Crippen LogP contribution in [0.15, 0.2) is 64.4 Å². The molecule has 0 fully saturated rings. The van der Waals surface area contributed by atoms with Crippen LogP contribution in [0.4, 0.5) is 0 Å². The first-order valence-electron chi connectivity index (χ1n) is 6.83. The molecule has 8 heteroatoms. The molecule has 1 N–H and O–H groups in total. The van der Waals surface area contributed by atoms with E-state index in [-0.39, 0.29) is 22.5 Å². The Labute approximate surface area is 143 Å². The third kappa shape index (κ3) is 3.64. The number of hydrogen-bond acceptors (Lipinski definition) is 4. The minimum absolute atomic E-state index is 0.0752. The van der Waals surface area contributed by atoms with E-state index in [1.54, 1.807) is 40.4 Å². The maximum Gasteiger partial charge on any atom is 0.242 e. The molecular formula is C15H14ClN3O2S2. The molecule has 2 heterocycles. The Hall–Kier alpha value is -1.67. The molecule has 3 rings (SSSR count). The second-order valence-corrected chi connectivity index (χ2v) is 7.76. The van der Waals surface area contributed by atoms with E-state index in [0.717, 1.165) is 5.56 Å². The Morgan fingerprint density at radius 3 is 2.74 bits per heavy atom. The Kier molecular flexibility index (Phi) is 4.82. The van der Waals surface area contributed by atoms with Gasteiger partial charge in [-0.25, -0.2) is 13.1 Å². The lowest BCUT2D eigenvalue weighted by Crippen LogP contribution is -2.31. The van der Waals surface area contributed by atoms with E-state index in [2.05, 4.69) is 9.82 Å². The lowest BCUT2D eigenvalue weighted by molar-refractivity contribution is 0.506. The zero-order valence-corrected chi connectivity index (χ0v) is 14.4. The fraction of sp³-hybridized carbons (Fsp3) is 0.133. The van der Waals surface area contributed by atoms with Crippen molar-refractivity contribution in [3.05, 3.63) is 70.1 Å². The van der Waals surface area contributed by atoms with Crippen LogP contribution in [0, 0.1) is 0 Å². The van der Waals surface area contributed by atoms with Crippen molar-refractivity contribution in [1.29, 1.82) is 0 Å². The third-order valence-electron chi connectivity index (χ3n) is 3.37. The number of benzene rings is 1. The predicted octanol–water partition coefficient (Wildman–Crippen LogP) is 3.17. The maximum absolute atomic E-state index is 12.5. The SMILES string of the molecule is O=S(=O)(NC[C@@H](c1ccsc1)n1cccn1)c1ccccc1Cl. The van der Waals surface area contributed by atoms with Crippen molar-refractivity contribution in [2.75, 3.05) is 6.54 Å². The number of sulfonamides is 1. The number of nitrogens with one attached hydrogen (secondary N) is 1. The van der Waals surface area contributed by atoms with E-state index in [0.29, 0.717) is 0 Å². The molecule has 0 aliphatic carbocycles. The average Bonchev–Trinajstić information content (AvgIpc) is 3.21. The summed E-state index contributed by atoms with van der Waals surface area (Å²) in [6, 6.07) is 9.93. The van der Waals surface area contributed by atoms with Gasteiger partial charge in [0.25, 0.3) is 0 Å². The monoisotopic (exact) mass is 367 g/mol. The maximum atomic E-state index is 12.5. The Balaban J connectivity index is 1.84. The summed E-state index contributed by atoms with van der Waals surface area (Å²) in [5, 5.41) is 8.36. The van der Waals surface area contributed by atoms with Crippen LogP contribution in [-0.2, 0) is 10.0 Å². The van der Waals surface area contributed by atoms with Crippen molar-refractivity contribution in [2.24, 2.45) is 0 Å². The number of thiophene rings is 1. The standard InChI is InChI=1S/C15H14ClN3O2S2/c16-13-4-1-2-5-15(13)23(20,21)18-10-14(12-6-9-22-11-12)19-8-3-7-17-19/h1-9,11,14,18H,10H2/t14-/m0/s1. The number of aromatic nitrogens is 2. The summed E-state index contributed by atoms with van der Waals surface area (Å²) in [6.07, 6.45) is 3.48. The summed E-state index contributed by atoms with van der Waals surface area (Å²) in [6.45, 7) is 0.186. The van der Waals surface area contributed by atoms with Crippen molar-refractivity contribution < 1.29 is 8.42 Å². The summed E-state index contributed by atoms with van der Waals surface area (Å²) in [5.41, 5.74) is 1.00. The lowest BCUT2D eigenvalue weighted by Gasteiger charge is -2.18. The largest absolute Gasteiger partial charge is 0.264 e. The van der Waals surface area contributed by atoms with Gasteiger partial charge in [-0.1, -0.05) is 23.7 Å². The number of nitrogens with zero attached hydrogens (tertiary/aromatic N) is 2. The normalized spacial score (nSPS) is 13.1. The number of hydrogen-bond donors (Lipinski definition) is 1. The van der Waals surface area contributed by atoms with E-state index in [9.17, 15) is 8.42 Å². The molecule has 0 bridgehead atoms. The van der Waals surface area contributed by atoms with Crippen LogP contribution in [0.5, 0.6) is 0 Å². The first-order chi connectivity index (χ1) is 11.1. The van der Waals surface area contributed by atoms with Crippen molar-refractivity contribution in [3.63, 3.8) is 0 Å². The van der Waals surface area contributed by atoms with Crippen molar-refractivity contribution in [2.45, 2.75) is 10.9 Å². The van der Waals surface area contributed by atoms with Crippen molar-refractivity contribution in [3.8, 4) is 0 Å². The van der Waals surface area contributed by atoms with Gasteiger partial charge in [0.1, 0.15) is 4.90 Å². The Morgan fingerprint density at radius 1 is 1.26 bits per heavy atom. The van der Waals surface area contributed by atoms with E-state index >= 15 is 0 Å². The van der Waals surface area contributed by atoms with E-state index < -0.39 is 10.0 Å². The first kappa shape index (κ1) is 16.2. The fourth-order valence-electron chi connectivity index (χ4n) is 2.22. The van der Waals surface area contributed by atoms with Crippen LogP contribution in [0.25, 0.3) is 0 Å². The molecule has 5 nitrogen and oxygen atoms in total. The van der Waals surface area contributed by atoms with E-state index in [1.165, 1.54) is 6.07 Å². The van der Waals surface area contributed by atoms with Gasteiger partial charge in [0, 0.05) is 18.9 Å². The molecule has 0 radical (unpaired) electrons. The van der Waals surface area contributed by atoms with Crippen molar-refractivity contribution >= 4 is 33.0 Å². The molecule has 1 atom stereocenters. The summed E-state index contributed by atoms with van der Waals surface area (Å²) >= 11 is 7.55. The molecule has 1 aromatic carbocycles. The zero-order valence-electron chi connectivity index (χ0n) is 12.0. The van der Waals surface area contributed by atoms with Gasteiger partial charge in [0.2, 0.25) is 10.0 Å². The molecule has 3 aromatic rings. The molecule has 0 unspecified atom stereocenters. The third-order valence-corrected chi connectivity index (χ3v) is 5.99. The summed E-state index contributed by atoms with van der Waals surface area (Å²) < 4.78 is 29.3. The molecular weight excluding hydrogens is 354 g/mol. The van der Waals surface area contributed by atoms with Crippen LogP contribution in [0.3, 0.4) is 0 Å². The quantitative estimate of drug-likeness (QED) is 0.727. The highest BCUT2D eigenvalue weighted by Crippen LogP contribution is 2.23. The lowest BCUT2D eigenvalue weighted by atomic mass is 10.1. The molecule has 0 saturated heterocycles. The van der Waals surface area contributed by atoms with Gasteiger partial charge in [-0.15, -0.1) is 0 Å². The Bertz CT molecular complexity index is 828. The predicted molar refractivity (Wildman–Crippen MR) is 91.3 cm³/mol. The molecule has 2 aromatic heterocycles. The molecule has 0 aliphatic rings. The average molecular weight is 368 g/mol.